The van der Waals surface area contributed by atoms with Crippen molar-refractivity contribution in [1.29, 1.82) is 0 Å². The number of nitrogens with zero attached hydrogens (tertiary/aromatic N) is 1. The highest BCUT2D eigenvalue weighted by molar-refractivity contribution is 5.98. The Labute approximate surface area is 269 Å². The molecule has 0 saturated heterocycles. The van der Waals surface area contributed by atoms with Crippen LogP contribution in [0.3, 0.4) is 0 Å². The zero-order chi connectivity index (χ0) is 34.3. The van der Waals surface area contributed by atoms with Gasteiger partial charge in [-0.3, -0.25) is 29.0 Å². The second-order valence-corrected chi connectivity index (χ2v) is 12.9. The van der Waals surface area contributed by atoms with Gasteiger partial charge in [0.2, 0.25) is 23.6 Å². The largest absolute Gasteiger partial charge is 0.355 e. The first-order valence-corrected chi connectivity index (χ1v) is 16.3. The van der Waals surface area contributed by atoms with E-state index in [2.05, 4.69) is 36.9 Å². The lowest BCUT2D eigenvalue weighted by Gasteiger charge is -2.30. The summed E-state index contributed by atoms with van der Waals surface area (Å²) >= 11 is 0. The summed E-state index contributed by atoms with van der Waals surface area (Å²) in [6.45, 7) is 19.6. The van der Waals surface area contributed by atoms with E-state index in [0.29, 0.717) is 31.5 Å². The van der Waals surface area contributed by atoms with Crippen LogP contribution in [0.1, 0.15) is 92.4 Å². The number of carbonyl (C=O) groups is 5. The van der Waals surface area contributed by atoms with E-state index in [4.69, 9.17) is 0 Å². The summed E-state index contributed by atoms with van der Waals surface area (Å²) in [4.78, 5) is 69.2. The topological polar surface area (TPSA) is 170 Å². The van der Waals surface area contributed by atoms with Crippen molar-refractivity contribution in [3.8, 4) is 0 Å². The van der Waals surface area contributed by atoms with Crippen molar-refractivity contribution in [2.24, 2.45) is 23.7 Å². The van der Waals surface area contributed by atoms with Crippen LogP contribution < -0.4 is 31.9 Å². The quantitative estimate of drug-likeness (QED) is 0.136. The van der Waals surface area contributed by atoms with E-state index in [1.807, 2.05) is 62.3 Å². The summed E-state index contributed by atoms with van der Waals surface area (Å²) in [5.74, 6) is -1.97. The Morgan fingerprint density at radius 1 is 0.689 bits per heavy atom. The van der Waals surface area contributed by atoms with Crippen LogP contribution in [0, 0.1) is 23.7 Å². The van der Waals surface area contributed by atoms with Crippen LogP contribution in [0.4, 0.5) is 0 Å². The minimum atomic E-state index is -0.846. The number of rotatable bonds is 19. The lowest BCUT2D eigenvalue weighted by molar-refractivity contribution is -0.132. The average Bonchev–Trinajstić information content (AvgIpc) is 2.98. The second kappa shape index (κ2) is 19.8. The van der Waals surface area contributed by atoms with Crippen LogP contribution >= 0.6 is 0 Å². The molecule has 1 heterocycles. The highest BCUT2D eigenvalue weighted by Crippen LogP contribution is 2.13. The number of nitrogens with one attached hydrogen (secondary N) is 6. The second-order valence-electron chi connectivity index (χ2n) is 12.9. The summed E-state index contributed by atoms with van der Waals surface area (Å²) in [5.41, 5.74) is 0.389. The molecule has 0 spiro atoms. The number of aromatic nitrogens is 1. The molecule has 12 heteroatoms. The van der Waals surface area contributed by atoms with Gasteiger partial charge in [-0.1, -0.05) is 61.8 Å². The summed E-state index contributed by atoms with van der Waals surface area (Å²) in [7, 11) is 0. The first kappa shape index (κ1) is 39.5. The average molecular weight is 632 g/mol. The molecule has 5 amide bonds. The van der Waals surface area contributed by atoms with E-state index in [-0.39, 0.29) is 47.4 Å². The van der Waals surface area contributed by atoms with Crippen molar-refractivity contribution < 1.29 is 24.0 Å². The number of likely N-dealkylation sites (N-methyl/N-ethyl adjacent to an activating group) is 1. The molecule has 1 aromatic rings. The van der Waals surface area contributed by atoms with Crippen molar-refractivity contribution in [1.82, 2.24) is 36.9 Å². The van der Waals surface area contributed by atoms with Crippen LogP contribution in [-0.4, -0.2) is 77.8 Å². The molecule has 0 saturated carbocycles. The van der Waals surface area contributed by atoms with Gasteiger partial charge in [-0.2, -0.15) is 0 Å². The van der Waals surface area contributed by atoms with E-state index < -0.39 is 36.0 Å². The van der Waals surface area contributed by atoms with Crippen LogP contribution in [-0.2, 0) is 19.2 Å². The molecule has 6 atom stereocenters. The molecule has 0 aliphatic heterocycles. The smallest absolute Gasteiger partial charge is 0.252 e. The molecule has 3 unspecified atom stereocenters. The number of amides is 5. The van der Waals surface area contributed by atoms with Gasteiger partial charge in [-0.25, -0.2) is 0 Å². The van der Waals surface area contributed by atoms with Gasteiger partial charge in [0.1, 0.15) is 18.1 Å². The van der Waals surface area contributed by atoms with Gasteiger partial charge in [0, 0.05) is 37.1 Å². The first-order chi connectivity index (χ1) is 21.1. The standard InChI is InChI=1S/C33H57N7O5/c1-11-22(9)28(40-30(42)24-13-15-34-16-14-24)33(45)39-27(21(7)8)32(44)37-25(17-19(3)4)18-36-23(10)29(41)38-26(20(5)6)31(43)35-12-2/h13-16,19-23,25-28,36H,11-12,17-18H2,1-10H3,(H,35,43)(H,37,44)(H,38,41)(H,39,45)(H,40,42)/t22-,23-,25?,26?,27-,28?/m0/s1. The maximum absolute atomic E-state index is 13.6. The summed E-state index contributed by atoms with van der Waals surface area (Å²) in [5, 5.41) is 17.6. The van der Waals surface area contributed by atoms with Crippen molar-refractivity contribution in [2.45, 2.75) is 112 Å². The Bertz CT molecular complexity index is 1100. The molecule has 6 N–H and O–H groups in total. The minimum absolute atomic E-state index is 0.0901. The number of pyridine rings is 1. The highest BCUT2D eigenvalue weighted by atomic mass is 16.2. The third kappa shape index (κ3) is 13.5. The van der Waals surface area contributed by atoms with Crippen LogP contribution in [0.5, 0.6) is 0 Å². The zero-order valence-corrected chi connectivity index (χ0v) is 28.8. The maximum Gasteiger partial charge on any atom is 0.252 e. The van der Waals surface area contributed by atoms with Gasteiger partial charge in [-0.05, 0) is 56.1 Å². The summed E-state index contributed by atoms with van der Waals surface area (Å²) < 4.78 is 0. The molecule has 0 aromatic carbocycles. The fraction of sp³-hybridized carbons (Fsp3) is 0.697. The Balaban J connectivity index is 2.97. The van der Waals surface area contributed by atoms with Gasteiger partial charge in [-0.15, -0.1) is 0 Å². The third-order valence-corrected chi connectivity index (χ3v) is 7.74. The minimum Gasteiger partial charge on any atom is -0.355 e. The van der Waals surface area contributed by atoms with Gasteiger partial charge in [0.15, 0.2) is 0 Å². The van der Waals surface area contributed by atoms with Gasteiger partial charge in [0.05, 0.1) is 6.04 Å². The van der Waals surface area contributed by atoms with E-state index in [0.717, 1.165) is 0 Å². The number of carbonyl (C=O) groups excluding carboxylic acids is 5. The van der Waals surface area contributed by atoms with E-state index >= 15 is 0 Å². The van der Waals surface area contributed by atoms with Gasteiger partial charge >= 0.3 is 0 Å². The molecule has 0 radical (unpaired) electrons. The molecule has 1 rings (SSSR count). The fourth-order valence-electron chi connectivity index (χ4n) is 4.77. The normalized spacial score (nSPS) is 15.4. The predicted octanol–water partition coefficient (Wildman–Crippen LogP) is 2.15. The molecule has 0 aliphatic rings. The summed E-state index contributed by atoms with van der Waals surface area (Å²) in [6.07, 6.45) is 4.30. The maximum atomic E-state index is 13.6. The molecule has 0 bridgehead atoms. The third-order valence-electron chi connectivity index (χ3n) is 7.74. The van der Waals surface area contributed by atoms with E-state index in [9.17, 15) is 24.0 Å². The van der Waals surface area contributed by atoms with Gasteiger partial charge in [0.25, 0.3) is 5.91 Å². The van der Waals surface area contributed by atoms with Crippen molar-refractivity contribution in [3.05, 3.63) is 30.1 Å². The molecular weight excluding hydrogens is 574 g/mol. The van der Waals surface area contributed by atoms with Crippen LogP contribution in [0.15, 0.2) is 24.5 Å². The van der Waals surface area contributed by atoms with Gasteiger partial charge < -0.3 is 31.9 Å². The van der Waals surface area contributed by atoms with E-state index in [1.165, 1.54) is 12.4 Å². The molecule has 0 fully saturated rings. The lowest BCUT2D eigenvalue weighted by atomic mass is 9.95. The summed E-state index contributed by atoms with van der Waals surface area (Å²) in [6, 6.07) is -0.140. The first-order valence-electron chi connectivity index (χ1n) is 16.3. The number of hydrogen-bond acceptors (Lipinski definition) is 7. The fourth-order valence-corrected chi connectivity index (χ4v) is 4.77. The Hall–Kier alpha value is -3.54. The molecule has 254 valence electrons. The molecule has 1 aromatic heterocycles. The van der Waals surface area contributed by atoms with E-state index in [1.54, 1.807) is 19.1 Å². The highest BCUT2D eigenvalue weighted by Gasteiger charge is 2.33. The molecule has 12 nitrogen and oxygen atoms in total. The lowest BCUT2D eigenvalue weighted by Crippen LogP contribution is -2.59. The SMILES string of the molecule is CCNC(=O)C(NC(=O)[C@H](C)NCC(CC(C)C)NC(=O)[C@@H](NC(=O)C(NC(=O)c1ccncc1)[C@@H](C)CC)C(C)C)C(C)C. The van der Waals surface area contributed by atoms with Crippen LogP contribution in [0.2, 0.25) is 0 Å². The molecule has 45 heavy (non-hydrogen) atoms. The Morgan fingerprint density at radius 2 is 1.22 bits per heavy atom. The molecular formula is C33H57N7O5. The predicted molar refractivity (Wildman–Crippen MR) is 176 cm³/mol. The van der Waals surface area contributed by atoms with Crippen molar-refractivity contribution in [3.63, 3.8) is 0 Å². The zero-order valence-electron chi connectivity index (χ0n) is 28.8. The van der Waals surface area contributed by atoms with Crippen molar-refractivity contribution in [2.75, 3.05) is 13.1 Å². The number of hydrogen-bond donors (Lipinski definition) is 6. The molecule has 0 aliphatic carbocycles. The Morgan fingerprint density at radius 3 is 1.73 bits per heavy atom. The Kier molecular flexibility index (Phi) is 17.3. The monoisotopic (exact) mass is 631 g/mol. The van der Waals surface area contributed by atoms with Crippen molar-refractivity contribution >= 4 is 29.5 Å². The van der Waals surface area contributed by atoms with Crippen LogP contribution in [0.25, 0.3) is 0 Å².